The number of aromatic nitrogens is 3. The van der Waals surface area contributed by atoms with Gasteiger partial charge in [0.2, 0.25) is 5.88 Å². The highest BCUT2D eigenvalue weighted by Gasteiger charge is 2.24. The topological polar surface area (TPSA) is 77.2 Å². The van der Waals surface area contributed by atoms with E-state index >= 15 is 0 Å². The Kier molecular flexibility index (Phi) is 4.02. The molecule has 0 fully saturated rings. The normalized spacial score (nSPS) is 12.4. The van der Waals surface area contributed by atoms with Crippen LogP contribution in [0.1, 0.15) is 19.9 Å². The van der Waals surface area contributed by atoms with Crippen LogP contribution in [0.3, 0.4) is 0 Å². The first-order chi connectivity index (χ1) is 9.52. The molecule has 0 spiro atoms. The Hall–Kier alpha value is -2.37. The average molecular weight is 275 g/mol. The molecule has 0 radical (unpaired) electrons. The summed E-state index contributed by atoms with van der Waals surface area (Å²) in [6.07, 6.45) is 5.02. The van der Waals surface area contributed by atoms with E-state index in [1.165, 1.54) is 4.68 Å². The summed E-state index contributed by atoms with van der Waals surface area (Å²) in [5.74, 6) is -0.428. The largest absolute Gasteiger partial charge is 0.481 e. The molecule has 0 saturated carbocycles. The first-order valence-electron chi connectivity index (χ1n) is 6.30. The fourth-order valence-corrected chi connectivity index (χ4v) is 2.04. The molecule has 6 nitrogen and oxygen atoms in total. The lowest BCUT2D eigenvalue weighted by atomic mass is 10.1. The van der Waals surface area contributed by atoms with E-state index in [1.807, 2.05) is 19.9 Å². The SMILES string of the molecule is COc1cc(-c2cnn(C(C(=O)O)C(C)C)c2)ccn1. The second-order valence-electron chi connectivity index (χ2n) is 4.82. The Morgan fingerprint density at radius 3 is 2.75 bits per heavy atom. The van der Waals surface area contributed by atoms with Crippen molar-refractivity contribution >= 4 is 5.97 Å². The van der Waals surface area contributed by atoms with Crippen molar-refractivity contribution in [2.75, 3.05) is 7.11 Å². The molecule has 20 heavy (non-hydrogen) atoms. The molecule has 0 aliphatic heterocycles. The van der Waals surface area contributed by atoms with Crippen LogP contribution in [0.25, 0.3) is 11.1 Å². The molecule has 2 rings (SSSR count). The van der Waals surface area contributed by atoms with Gasteiger partial charge in [0.25, 0.3) is 0 Å². The summed E-state index contributed by atoms with van der Waals surface area (Å²) < 4.78 is 6.56. The number of nitrogens with zero attached hydrogens (tertiary/aromatic N) is 3. The smallest absolute Gasteiger partial charge is 0.328 e. The summed E-state index contributed by atoms with van der Waals surface area (Å²) in [6.45, 7) is 3.71. The molecule has 2 heterocycles. The molecule has 0 aromatic carbocycles. The molecule has 1 unspecified atom stereocenters. The zero-order chi connectivity index (χ0) is 14.7. The van der Waals surface area contributed by atoms with E-state index in [-0.39, 0.29) is 5.92 Å². The van der Waals surface area contributed by atoms with Crippen LogP contribution in [0, 0.1) is 5.92 Å². The fraction of sp³-hybridized carbons (Fsp3) is 0.357. The van der Waals surface area contributed by atoms with Gasteiger partial charge in [0.1, 0.15) is 0 Å². The molecular formula is C14H17N3O3. The van der Waals surface area contributed by atoms with Crippen molar-refractivity contribution in [3.8, 4) is 17.0 Å². The number of methoxy groups -OCH3 is 1. The monoisotopic (exact) mass is 275 g/mol. The van der Waals surface area contributed by atoms with Crippen molar-refractivity contribution < 1.29 is 14.6 Å². The van der Waals surface area contributed by atoms with E-state index in [2.05, 4.69) is 10.1 Å². The van der Waals surface area contributed by atoms with Gasteiger partial charge in [-0.1, -0.05) is 13.8 Å². The Labute approximate surface area is 117 Å². The highest BCUT2D eigenvalue weighted by atomic mass is 16.5. The lowest BCUT2D eigenvalue weighted by Gasteiger charge is -2.16. The van der Waals surface area contributed by atoms with Crippen molar-refractivity contribution in [1.82, 2.24) is 14.8 Å². The minimum atomic E-state index is -0.887. The fourth-order valence-electron chi connectivity index (χ4n) is 2.04. The Bertz CT molecular complexity index is 607. The van der Waals surface area contributed by atoms with Crippen LogP contribution in [0.2, 0.25) is 0 Å². The number of hydrogen-bond donors (Lipinski definition) is 1. The van der Waals surface area contributed by atoms with Crippen molar-refractivity contribution in [2.24, 2.45) is 5.92 Å². The highest BCUT2D eigenvalue weighted by Crippen LogP contribution is 2.24. The van der Waals surface area contributed by atoms with E-state index in [0.717, 1.165) is 11.1 Å². The molecular weight excluding hydrogens is 258 g/mol. The molecule has 106 valence electrons. The molecule has 6 heteroatoms. The summed E-state index contributed by atoms with van der Waals surface area (Å²) in [6, 6.07) is 2.94. The quantitative estimate of drug-likeness (QED) is 0.905. The Balaban J connectivity index is 2.34. The molecule has 0 bridgehead atoms. The van der Waals surface area contributed by atoms with Crippen LogP contribution in [-0.2, 0) is 4.79 Å². The van der Waals surface area contributed by atoms with Gasteiger partial charge < -0.3 is 9.84 Å². The summed E-state index contributed by atoms with van der Waals surface area (Å²) in [4.78, 5) is 15.3. The van der Waals surface area contributed by atoms with Gasteiger partial charge in [-0.2, -0.15) is 5.10 Å². The van der Waals surface area contributed by atoms with Gasteiger partial charge in [-0.05, 0) is 17.5 Å². The molecule has 1 N–H and O–H groups in total. The summed E-state index contributed by atoms with van der Waals surface area (Å²) in [5, 5.41) is 13.4. The number of carboxylic acid groups (broad SMARTS) is 1. The van der Waals surface area contributed by atoms with E-state index in [9.17, 15) is 9.90 Å². The van der Waals surface area contributed by atoms with Gasteiger partial charge in [0.05, 0.1) is 13.3 Å². The van der Waals surface area contributed by atoms with Gasteiger partial charge in [-0.3, -0.25) is 4.68 Å². The third-order valence-electron chi connectivity index (χ3n) is 3.05. The summed E-state index contributed by atoms with van der Waals surface area (Å²) >= 11 is 0. The number of ether oxygens (including phenoxy) is 1. The molecule has 1 atom stereocenters. The maximum Gasteiger partial charge on any atom is 0.328 e. The average Bonchev–Trinajstić information content (AvgIpc) is 2.87. The van der Waals surface area contributed by atoms with Crippen molar-refractivity contribution in [3.05, 3.63) is 30.7 Å². The maximum atomic E-state index is 11.3. The van der Waals surface area contributed by atoms with Gasteiger partial charge in [0, 0.05) is 24.0 Å². The minimum Gasteiger partial charge on any atom is -0.481 e. The first kappa shape index (κ1) is 14.0. The lowest BCUT2D eigenvalue weighted by Crippen LogP contribution is -2.24. The molecule has 2 aromatic heterocycles. The van der Waals surface area contributed by atoms with E-state index in [0.29, 0.717) is 5.88 Å². The number of carbonyl (C=O) groups is 1. The van der Waals surface area contributed by atoms with Gasteiger partial charge >= 0.3 is 5.97 Å². The predicted molar refractivity (Wildman–Crippen MR) is 73.5 cm³/mol. The van der Waals surface area contributed by atoms with Crippen molar-refractivity contribution in [1.29, 1.82) is 0 Å². The zero-order valence-corrected chi connectivity index (χ0v) is 11.6. The predicted octanol–water partition coefficient (Wildman–Crippen LogP) is 2.24. The number of pyridine rings is 1. The van der Waals surface area contributed by atoms with Crippen LogP contribution < -0.4 is 4.74 Å². The molecule has 0 aliphatic rings. The molecule has 0 saturated heterocycles. The van der Waals surface area contributed by atoms with E-state index in [1.54, 1.807) is 31.8 Å². The second-order valence-corrected chi connectivity index (χ2v) is 4.82. The Morgan fingerprint density at radius 1 is 1.40 bits per heavy atom. The van der Waals surface area contributed by atoms with Crippen LogP contribution in [-0.4, -0.2) is 33.0 Å². The number of rotatable bonds is 5. The van der Waals surface area contributed by atoms with Crippen LogP contribution in [0.5, 0.6) is 5.88 Å². The number of hydrogen-bond acceptors (Lipinski definition) is 4. The standard InChI is InChI=1S/C14H17N3O3/c1-9(2)13(14(18)19)17-8-11(7-16-17)10-4-5-15-12(6-10)20-3/h4-9,13H,1-3H3,(H,18,19). The van der Waals surface area contributed by atoms with Crippen molar-refractivity contribution in [3.63, 3.8) is 0 Å². The molecule has 0 amide bonds. The van der Waals surface area contributed by atoms with Crippen LogP contribution >= 0.6 is 0 Å². The highest BCUT2D eigenvalue weighted by molar-refractivity contribution is 5.72. The zero-order valence-electron chi connectivity index (χ0n) is 11.6. The van der Waals surface area contributed by atoms with Gasteiger partial charge in [0.15, 0.2) is 6.04 Å². The second kappa shape index (κ2) is 5.73. The Morgan fingerprint density at radius 2 is 2.15 bits per heavy atom. The third-order valence-corrected chi connectivity index (χ3v) is 3.05. The lowest BCUT2D eigenvalue weighted by molar-refractivity contribution is -0.142. The number of carboxylic acids is 1. The third kappa shape index (κ3) is 2.79. The van der Waals surface area contributed by atoms with Gasteiger partial charge in [-0.25, -0.2) is 9.78 Å². The first-order valence-corrected chi connectivity index (χ1v) is 6.30. The van der Waals surface area contributed by atoms with Gasteiger partial charge in [-0.15, -0.1) is 0 Å². The van der Waals surface area contributed by atoms with Crippen LogP contribution in [0.4, 0.5) is 0 Å². The summed E-state index contributed by atoms with van der Waals surface area (Å²) in [7, 11) is 1.55. The molecule has 0 aliphatic carbocycles. The molecule has 2 aromatic rings. The van der Waals surface area contributed by atoms with E-state index in [4.69, 9.17) is 4.74 Å². The van der Waals surface area contributed by atoms with E-state index < -0.39 is 12.0 Å². The minimum absolute atomic E-state index is 0.0489. The summed E-state index contributed by atoms with van der Waals surface area (Å²) in [5.41, 5.74) is 1.72. The van der Waals surface area contributed by atoms with Crippen molar-refractivity contribution in [2.45, 2.75) is 19.9 Å². The van der Waals surface area contributed by atoms with Crippen LogP contribution in [0.15, 0.2) is 30.7 Å². The number of aliphatic carboxylic acids is 1. The maximum absolute atomic E-state index is 11.3.